The van der Waals surface area contributed by atoms with Gasteiger partial charge in [-0.25, -0.2) is 4.39 Å². The molecular formula is C18H22FN6OP. The minimum Gasteiger partial charge on any atom is -0.382 e. The van der Waals surface area contributed by atoms with E-state index in [1.54, 1.807) is 13.1 Å². The van der Waals surface area contributed by atoms with Crippen LogP contribution in [0.15, 0.2) is 17.1 Å². The number of aryl methyl sites for hydroxylation is 1. The maximum Gasteiger partial charge on any atom is 0.264 e. The number of H-pyrrole nitrogens is 1. The van der Waals surface area contributed by atoms with Crippen LogP contribution < -0.4 is 11.3 Å². The highest BCUT2D eigenvalue weighted by atomic mass is 31.0. The molecule has 0 amide bonds. The molecule has 7 nitrogen and oxygen atoms in total. The lowest BCUT2D eigenvalue weighted by Gasteiger charge is -2.20. The summed E-state index contributed by atoms with van der Waals surface area (Å²) < 4.78 is 17.2. The number of alkyl halides is 1. The van der Waals surface area contributed by atoms with E-state index in [0.717, 1.165) is 31.2 Å². The SMILES string of the molecule is Cn1nc(-c2cn(C(C3CC3)C3CC3)c(=O)c3c(N)n[nH]c23)cc1C(F)P. The van der Waals surface area contributed by atoms with Gasteiger partial charge in [-0.3, -0.25) is 14.6 Å². The Labute approximate surface area is 157 Å². The van der Waals surface area contributed by atoms with Crippen LogP contribution in [0.1, 0.15) is 43.3 Å². The summed E-state index contributed by atoms with van der Waals surface area (Å²) in [7, 11) is 3.85. The highest BCUT2D eigenvalue weighted by Crippen LogP contribution is 2.52. The largest absolute Gasteiger partial charge is 0.382 e. The van der Waals surface area contributed by atoms with Crippen LogP contribution in [0.2, 0.25) is 0 Å². The molecule has 5 rings (SSSR count). The Kier molecular flexibility index (Phi) is 3.69. The van der Waals surface area contributed by atoms with Crippen molar-refractivity contribution in [2.75, 3.05) is 5.73 Å². The Balaban J connectivity index is 1.76. The number of hydrogen-bond donors (Lipinski definition) is 2. The molecule has 3 N–H and O–H groups in total. The van der Waals surface area contributed by atoms with Gasteiger partial charge in [0, 0.05) is 24.8 Å². The predicted molar refractivity (Wildman–Crippen MR) is 105 cm³/mol. The number of nitrogens with zero attached hydrogens (tertiary/aromatic N) is 4. The number of rotatable bonds is 5. The summed E-state index contributed by atoms with van der Waals surface area (Å²) in [5.74, 6) is 0.0852. The van der Waals surface area contributed by atoms with Gasteiger partial charge < -0.3 is 10.3 Å². The molecule has 0 spiro atoms. The second kappa shape index (κ2) is 5.89. The third-order valence-corrected chi connectivity index (χ3v) is 6.13. The molecule has 2 unspecified atom stereocenters. The predicted octanol–water partition coefficient (Wildman–Crippen LogP) is 2.91. The first kappa shape index (κ1) is 16.9. The van der Waals surface area contributed by atoms with Crippen molar-refractivity contribution in [3.8, 4) is 11.3 Å². The van der Waals surface area contributed by atoms with Gasteiger partial charge in [0.05, 0.1) is 16.9 Å². The molecule has 2 saturated carbocycles. The van der Waals surface area contributed by atoms with Crippen LogP contribution in [-0.4, -0.2) is 24.5 Å². The fourth-order valence-electron chi connectivity index (χ4n) is 4.16. The minimum absolute atomic E-state index is 0.102. The van der Waals surface area contributed by atoms with Crippen molar-refractivity contribution in [1.29, 1.82) is 0 Å². The molecule has 3 aromatic heterocycles. The molecule has 2 aliphatic rings. The molecule has 3 aromatic rings. The second-order valence-corrected chi connectivity index (χ2v) is 8.34. The lowest BCUT2D eigenvalue weighted by molar-refractivity contribution is 0.386. The highest BCUT2D eigenvalue weighted by molar-refractivity contribution is 7.16. The van der Waals surface area contributed by atoms with Gasteiger partial charge in [0.25, 0.3) is 5.56 Å². The van der Waals surface area contributed by atoms with Gasteiger partial charge in [-0.2, -0.15) is 10.2 Å². The van der Waals surface area contributed by atoms with Crippen molar-refractivity contribution < 1.29 is 4.39 Å². The fourth-order valence-corrected chi connectivity index (χ4v) is 4.47. The van der Waals surface area contributed by atoms with Crippen molar-refractivity contribution in [2.24, 2.45) is 18.9 Å². The Morgan fingerprint density at radius 2 is 2.00 bits per heavy atom. The minimum atomic E-state index is -1.21. The Hall–Kier alpha value is -2.21. The highest BCUT2D eigenvalue weighted by Gasteiger charge is 2.43. The van der Waals surface area contributed by atoms with E-state index in [9.17, 15) is 9.18 Å². The Morgan fingerprint density at radius 3 is 2.56 bits per heavy atom. The van der Waals surface area contributed by atoms with Crippen molar-refractivity contribution in [3.63, 3.8) is 0 Å². The van der Waals surface area contributed by atoms with E-state index in [4.69, 9.17) is 5.73 Å². The number of nitrogens with one attached hydrogen (secondary N) is 1. The number of aromatic amines is 1. The van der Waals surface area contributed by atoms with Crippen molar-refractivity contribution in [2.45, 2.75) is 37.6 Å². The molecule has 0 aromatic carbocycles. The van der Waals surface area contributed by atoms with Crippen molar-refractivity contribution >= 4 is 26.0 Å². The molecule has 0 saturated heterocycles. The third-order valence-electron chi connectivity index (χ3n) is 5.79. The van der Waals surface area contributed by atoms with Crippen LogP contribution in [0, 0.1) is 11.8 Å². The average Bonchev–Trinajstić information content (AvgIpc) is 3.55. The number of hydrogen-bond acceptors (Lipinski definition) is 4. The molecule has 0 aliphatic heterocycles. The summed E-state index contributed by atoms with van der Waals surface area (Å²) in [6.07, 6.45) is 6.50. The molecule has 0 bridgehead atoms. The van der Waals surface area contributed by atoms with Gasteiger partial charge in [-0.15, -0.1) is 0 Å². The Morgan fingerprint density at radius 1 is 1.33 bits per heavy atom. The van der Waals surface area contributed by atoms with E-state index in [0.29, 0.717) is 34.1 Å². The van der Waals surface area contributed by atoms with E-state index in [-0.39, 0.29) is 17.4 Å². The molecule has 27 heavy (non-hydrogen) atoms. The topological polar surface area (TPSA) is 94.5 Å². The second-order valence-electron chi connectivity index (χ2n) is 7.76. The van der Waals surface area contributed by atoms with Crippen molar-refractivity contribution in [3.05, 3.63) is 28.3 Å². The van der Waals surface area contributed by atoms with Gasteiger partial charge in [0.1, 0.15) is 5.39 Å². The van der Waals surface area contributed by atoms with E-state index in [1.165, 1.54) is 4.68 Å². The zero-order valence-corrected chi connectivity index (χ0v) is 16.2. The monoisotopic (exact) mass is 388 g/mol. The molecular weight excluding hydrogens is 366 g/mol. The molecule has 142 valence electrons. The van der Waals surface area contributed by atoms with Crippen LogP contribution in [0.4, 0.5) is 10.2 Å². The van der Waals surface area contributed by atoms with Gasteiger partial charge in [0.2, 0.25) is 0 Å². The molecule has 2 atom stereocenters. The third kappa shape index (κ3) is 2.69. The van der Waals surface area contributed by atoms with Crippen LogP contribution in [0.25, 0.3) is 22.2 Å². The molecule has 0 radical (unpaired) electrons. The first-order chi connectivity index (χ1) is 13.0. The van der Waals surface area contributed by atoms with Gasteiger partial charge >= 0.3 is 0 Å². The number of fused-ring (bicyclic) bond motifs is 1. The van der Waals surface area contributed by atoms with Gasteiger partial charge in [-0.05, 0) is 43.6 Å². The average molecular weight is 388 g/mol. The number of pyridine rings is 1. The quantitative estimate of drug-likeness (QED) is 0.657. The zero-order chi connectivity index (χ0) is 18.9. The maximum atomic E-state index is 13.8. The van der Waals surface area contributed by atoms with E-state index in [1.807, 2.05) is 10.8 Å². The molecule has 3 heterocycles. The van der Waals surface area contributed by atoms with E-state index in [2.05, 4.69) is 24.5 Å². The van der Waals surface area contributed by atoms with Gasteiger partial charge in [-0.1, -0.05) is 9.24 Å². The number of aromatic nitrogens is 5. The lowest BCUT2D eigenvalue weighted by Crippen LogP contribution is -2.27. The summed E-state index contributed by atoms with van der Waals surface area (Å²) in [6, 6.07) is 1.91. The van der Waals surface area contributed by atoms with E-state index >= 15 is 0 Å². The van der Waals surface area contributed by atoms with Crippen LogP contribution in [0.3, 0.4) is 0 Å². The molecule has 2 aliphatic carbocycles. The lowest BCUT2D eigenvalue weighted by atomic mass is 10.0. The molecule has 9 heteroatoms. The molecule has 2 fully saturated rings. The Bertz CT molecular complexity index is 1080. The van der Waals surface area contributed by atoms with Crippen LogP contribution in [-0.2, 0) is 7.05 Å². The number of halogens is 1. The number of nitrogens with two attached hydrogens (primary N) is 1. The van der Waals surface area contributed by atoms with Gasteiger partial charge in [0.15, 0.2) is 11.7 Å². The first-order valence-corrected chi connectivity index (χ1v) is 9.95. The van der Waals surface area contributed by atoms with Crippen LogP contribution in [0.5, 0.6) is 0 Å². The number of anilines is 1. The summed E-state index contributed by atoms with van der Waals surface area (Å²) in [4.78, 5) is 13.2. The summed E-state index contributed by atoms with van der Waals surface area (Å²) >= 11 is 0. The maximum absolute atomic E-state index is 13.8. The summed E-state index contributed by atoms with van der Waals surface area (Å²) in [5.41, 5.74) is 8.26. The first-order valence-electron chi connectivity index (χ1n) is 9.28. The number of nitrogen functional groups attached to an aromatic ring is 1. The normalized spacial score (nSPS) is 18.5. The van der Waals surface area contributed by atoms with E-state index < -0.39 is 5.91 Å². The summed E-state index contributed by atoms with van der Waals surface area (Å²) in [5, 5.41) is 11.8. The van der Waals surface area contributed by atoms with Crippen LogP contribution >= 0.6 is 9.24 Å². The standard InChI is InChI=1S/C18H22FN6OP/c1-24-12(16(19)27)6-11(23-24)10-7-25(15(8-2-3-8)9-4-5-9)18(26)13-14(10)21-22-17(13)20/h6-9,15-16H,2-5,27H2,1H3,(H3,20,21,22). The summed E-state index contributed by atoms with van der Waals surface area (Å²) in [6.45, 7) is 0. The zero-order valence-electron chi connectivity index (χ0n) is 15.0. The fraction of sp³-hybridized carbons (Fsp3) is 0.500. The smallest absolute Gasteiger partial charge is 0.264 e. The van der Waals surface area contributed by atoms with Crippen molar-refractivity contribution in [1.82, 2.24) is 24.5 Å².